The van der Waals surface area contributed by atoms with Crippen molar-refractivity contribution in [3.8, 4) is 5.75 Å². The first-order valence-electron chi connectivity index (χ1n) is 6.86. The third-order valence-corrected chi connectivity index (χ3v) is 3.85. The molecule has 0 heterocycles. The van der Waals surface area contributed by atoms with E-state index in [-0.39, 0.29) is 0 Å². The third-order valence-electron chi connectivity index (χ3n) is 3.85. The molecule has 2 heteroatoms. The summed E-state index contributed by atoms with van der Waals surface area (Å²) in [5, 5.41) is 9.28. The van der Waals surface area contributed by atoms with Crippen LogP contribution in [-0.2, 0) is 6.42 Å². The second-order valence-electron chi connectivity index (χ2n) is 5.27. The van der Waals surface area contributed by atoms with Crippen LogP contribution < -0.4 is 0 Å². The van der Waals surface area contributed by atoms with Gasteiger partial charge in [0, 0.05) is 18.8 Å². The molecule has 0 aliphatic heterocycles. The molecule has 18 heavy (non-hydrogen) atoms. The lowest BCUT2D eigenvalue weighted by molar-refractivity contribution is 0.302. The number of phenols is 1. The van der Waals surface area contributed by atoms with Crippen molar-refractivity contribution in [3.63, 3.8) is 0 Å². The zero-order valence-electron chi connectivity index (χ0n) is 11.4. The van der Waals surface area contributed by atoms with E-state index in [0.717, 1.165) is 6.42 Å². The average molecular weight is 245 g/mol. The Morgan fingerprint density at radius 1 is 1.22 bits per heavy atom. The molecule has 1 aliphatic carbocycles. The van der Waals surface area contributed by atoms with Gasteiger partial charge in [0.25, 0.3) is 0 Å². The molecule has 2 nitrogen and oxygen atoms in total. The molecule has 1 N–H and O–H groups in total. The highest BCUT2D eigenvalue weighted by molar-refractivity contribution is 5.26. The topological polar surface area (TPSA) is 23.5 Å². The fourth-order valence-corrected chi connectivity index (χ4v) is 2.53. The van der Waals surface area contributed by atoms with Crippen LogP contribution in [0.15, 0.2) is 36.0 Å². The summed E-state index contributed by atoms with van der Waals surface area (Å²) in [4.78, 5) is 2.41. The number of nitrogens with zero attached hydrogens (tertiary/aromatic N) is 1. The number of benzene rings is 1. The highest BCUT2D eigenvalue weighted by Crippen LogP contribution is 2.22. The van der Waals surface area contributed by atoms with Crippen molar-refractivity contribution < 1.29 is 5.11 Å². The summed E-state index contributed by atoms with van der Waals surface area (Å²) in [5.41, 5.74) is 2.77. The number of hydrogen-bond donors (Lipinski definition) is 1. The first-order valence-corrected chi connectivity index (χ1v) is 6.86. The van der Waals surface area contributed by atoms with Crippen molar-refractivity contribution >= 4 is 0 Å². The van der Waals surface area contributed by atoms with Gasteiger partial charge in [0.15, 0.2) is 0 Å². The number of likely N-dealkylation sites (N-methyl/N-ethyl adjacent to an activating group) is 1. The van der Waals surface area contributed by atoms with E-state index in [2.05, 4.69) is 24.9 Å². The van der Waals surface area contributed by atoms with Crippen molar-refractivity contribution in [3.05, 3.63) is 41.6 Å². The highest BCUT2D eigenvalue weighted by Gasteiger charge is 2.14. The molecule has 0 fully saturated rings. The Hall–Kier alpha value is -1.44. The molecule has 0 radical (unpaired) electrons. The molecule has 1 unspecified atom stereocenters. The Morgan fingerprint density at radius 3 is 2.56 bits per heavy atom. The molecule has 1 atom stereocenters. The van der Waals surface area contributed by atoms with Gasteiger partial charge in [-0.25, -0.2) is 0 Å². The maximum Gasteiger partial charge on any atom is 0.115 e. The zero-order valence-corrected chi connectivity index (χ0v) is 11.4. The second-order valence-corrected chi connectivity index (χ2v) is 5.27. The molecule has 2 rings (SSSR count). The van der Waals surface area contributed by atoms with Crippen LogP contribution in [0.3, 0.4) is 0 Å². The van der Waals surface area contributed by atoms with E-state index < -0.39 is 0 Å². The zero-order chi connectivity index (χ0) is 13.0. The number of hydrogen-bond acceptors (Lipinski definition) is 2. The predicted molar refractivity (Wildman–Crippen MR) is 75.6 cm³/mol. The normalized spacial score (nSPS) is 17.1. The fraction of sp³-hybridized carbons (Fsp3) is 0.500. The molecule has 0 spiro atoms. The van der Waals surface area contributed by atoms with Gasteiger partial charge in [0.1, 0.15) is 5.75 Å². The van der Waals surface area contributed by atoms with Gasteiger partial charge in [-0.1, -0.05) is 18.2 Å². The van der Waals surface area contributed by atoms with Crippen molar-refractivity contribution in [2.45, 2.75) is 45.1 Å². The summed E-state index contributed by atoms with van der Waals surface area (Å²) in [6.07, 6.45) is 8.51. The maximum atomic E-state index is 9.28. The predicted octanol–water partition coefficient (Wildman–Crippen LogP) is 3.71. The lowest BCUT2D eigenvalue weighted by Gasteiger charge is -2.31. The maximum absolute atomic E-state index is 9.28. The Balaban J connectivity index is 1.96. The molecular weight excluding hydrogens is 222 g/mol. The summed E-state index contributed by atoms with van der Waals surface area (Å²) < 4.78 is 0. The highest BCUT2D eigenvalue weighted by atomic mass is 16.3. The van der Waals surface area contributed by atoms with Gasteiger partial charge in [-0.15, -0.1) is 0 Å². The van der Waals surface area contributed by atoms with Gasteiger partial charge in [-0.2, -0.15) is 0 Å². The number of allylic oxidation sites excluding steroid dienone is 2. The summed E-state index contributed by atoms with van der Waals surface area (Å²) in [5.74, 6) is 0.342. The lowest BCUT2D eigenvalue weighted by atomic mass is 10.0. The molecule has 1 aromatic carbocycles. The number of phenolic OH excluding ortho intramolecular Hbond substituents is 1. The Kier molecular flexibility index (Phi) is 4.29. The van der Waals surface area contributed by atoms with E-state index in [1.165, 1.54) is 36.9 Å². The minimum absolute atomic E-state index is 0.342. The molecule has 0 aromatic heterocycles. The quantitative estimate of drug-likeness (QED) is 0.874. The first kappa shape index (κ1) is 13.0. The third kappa shape index (κ3) is 3.28. The SMILES string of the molecule is CC(Cc1ccc(O)cc1)N(C)C1=CCCCC1. The first-order chi connectivity index (χ1) is 8.66. The summed E-state index contributed by atoms with van der Waals surface area (Å²) in [6.45, 7) is 2.27. The van der Waals surface area contributed by atoms with Gasteiger partial charge in [-0.05, 0) is 56.7 Å². The molecular formula is C16H23NO. The molecule has 0 amide bonds. The van der Waals surface area contributed by atoms with E-state index in [4.69, 9.17) is 0 Å². The van der Waals surface area contributed by atoms with Gasteiger partial charge < -0.3 is 10.0 Å². The van der Waals surface area contributed by atoms with Crippen LogP contribution in [0.25, 0.3) is 0 Å². The standard InChI is InChI=1S/C16H23NO/c1-13(12-14-8-10-16(18)11-9-14)17(2)15-6-4-3-5-7-15/h6,8-11,13,18H,3-5,7,12H2,1-2H3. The molecule has 0 saturated heterocycles. The number of rotatable bonds is 4. The van der Waals surface area contributed by atoms with Crippen LogP contribution in [0.2, 0.25) is 0 Å². The lowest BCUT2D eigenvalue weighted by Crippen LogP contribution is -2.30. The Bertz CT molecular complexity index is 408. The summed E-state index contributed by atoms with van der Waals surface area (Å²) in [6, 6.07) is 8.05. The minimum Gasteiger partial charge on any atom is -0.508 e. The van der Waals surface area contributed by atoms with Crippen LogP contribution in [0.1, 0.15) is 38.2 Å². The Labute approximate surface area is 110 Å². The van der Waals surface area contributed by atoms with Crippen molar-refractivity contribution in [1.29, 1.82) is 0 Å². The van der Waals surface area contributed by atoms with Crippen molar-refractivity contribution in [1.82, 2.24) is 4.90 Å². The Morgan fingerprint density at radius 2 is 1.94 bits per heavy atom. The van der Waals surface area contributed by atoms with Gasteiger partial charge in [0.2, 0.25) is 0 Å². The number of aromatic hydroxyl groups is 1. The molecule has 0 saturated carbocycles. The summed E-state index contributed by atoms with van der Waals surface area (Å²) in [7, 11) is 2.20. The average Bonchev–Trinajstić information content (AvgIpc) is 2.41. The van der Waals surface area contributed by atoms with Crippen molar-refractivity contribution in [2.24, 2.45) is 0 Å². The van der Waals surface area contributed by atoms with Crippen LogP contribution in [-0.4, -0.2) is 23.1 Å². The van der Waals surface area contributed by atoms with E-state index in [9.17, 15) is 5.11 Å². The van der Waals surface area contributed by atoms with Gasteiger partial charge in [0.05, 0.1) is 0 Å². The monoisotopic (exact) mass is 245 g/mol. The minimum atomic E-state index is 0.342. The van der Waals surface area contributed by atoms with Crippen LogP contribution >= 0.6 is 0 Å². The largest absolute Gasteiger partial charge is 0.508 e. The van der Waals surface area contributed by atoms with Crippen LogP contribution in [0, 0.1) is 0 Å². The van der Waals surface area contributed by atoms with E-state index in [1.807, 2.05) is 12.1 Å². The fourth-order valence-electron chi connectivity index (χ4n) is 2.53. The van der Waals surface area contributed by atoms with Gasteiger partial charge >= 0.3 is 0 Å². The van der Waals surface area contributed by atoms with E-state index in [1.54, 1.807) is 12.1 Å². The van der Waals surface area contributed by atoms with Crippen molar-refractivity contribution in [2.75, 3.05) is 7.05 Å². The van der Waals surface area contributed by atoms with Gasteiger partial charge in [-0.3, -0.25) is 0 Å². The second kappa shape index (κ2) is 5.94. The van der Waals surface area contributed by atoms with Crippen LogP contribution in [0.5, 0.6) is 5.75 Å². The smallest absolute Gasteiger partial charge is 0.115 e. The molecule has 1 aliphatic rings. The van der Waals surface area contributed by atoms with E-state index in [0.29, 0.717) is 11.8 Å². The summed E-state index contributed by atoms with van der Waals surface area (Å²) >= 11 is 0. The van der Waals surface area contributed by atoms with E-state index >= 15 is 0 Å². The molecule has 98 valence electrons. The van der Waals surface area contributed by atoms with Crippen LogP contribution in [0.4, 0.5) is 0 Å². The molecule has 1 aromatic rings. The molecule has 0 bridgehead atoms.